The highest BCUT2D eigenvalue weighted by atomic mass is 16.5. The van der Waals surface area contributed by atoms with Gasteiger partial charge in [0.15, 0.2) is 0 Å². The SMILES string of the molecule is O=C(O)Cc1ccccc1OCCc1ccncc1. The maximum absolute atomic E-state index is 10.8. The number of aliphatic carboxylic acids is 1. The number of ether oxygens (including phenoxy) is 1. The van der Waals surface area contributed by atoms with Crippen LogP contribution in [0, 0.1) is 0 Å². The highest BCUT2D eigenvalue weighted by molar-refractivity contribution is 5.71. The van der Waals surface area contributed by atoms with Crippen LogP contribution in [0.3, 0.4) is 0 Å². The molecule has 19 heavy (non-hydrogen) atoms. The fourth-order valence-electron chi connectivity index (χ4n) is 1.78. The summed E-state index contributed by atoms with van der Waals surface area (Å²) in [4.78, 5) is 14.7. The van der Waals surface area contributed by atoms with E-state index in [4.69, 9.17) is 9.84 Å². The Bertz CT molecular complexity index is 540. The van der Waals surface area contributed by atoms with Gasteiger partial charge in [-0.3, -0.25) is 9.78 Å². The first-order chi connectivity index (χ1) is 9.25. The number of nitrogens with zero attached hydrogens (tertiary/aromatic N) is 1. The first kappa shape index (κ1) is 13.1. The summed E-state index contributed by atoms with van der Waals surface area (Å²) in [5, 5.41) is 8.83. The third kappa shape index (κ3) is 4.10. The van der Waals surface area contributed by atoms with Crippen LogP contribution in [0.1, 0.15) is 11.1 Å². The van der Waals surface area contributed by atoms with E-state index >= 15 is 0 Å². The van der Waals surface area contributed by atoms with Crippen molar-refractivity contribution in [2.24, 2.45) is 0 Å². The van der Waals surface area contributed by atoms with E-state index in [0.29, 0.717) is 17.9 Å². The van der Waals surface area contributed by atoms with Crippen LogP contribution in [0.15, 0.2) is 48.8 Å². The molecule has 1 aromatic heterocycles. The fraction of sp³-hybridized carbons (Fsp3) is 0.200. The standard InChI is InChI=1S/C15H15NO3/c17-15(18)11-13-3-1-2-4-14(13)19-10-7-12-5-8-16-9-6-12/h1-6,8-9H,7,10-11H2,(H,17,18). The summed E-state index contributed by atoms with van der Waals surface area (Å²) < 4.78 is 5.66. The second-order valence-corrected chi connectivity index (χ2v) is 4.13. The normalized spacial score (nSPS) is 10.1. The first-order valence-electron chi connectivity index (χ1n) is 6.07. The molecule has 0 fully saturated rings. The molecule has 0 aliphatic rings. The number of carboxylic acids is 1. The van der Waals surface area contributed by atoms with E-state index in [9.17, 15) is 4.79 Å². The van der Waals surface area contributed by atoms with Crippen molar-refractivity contribution >= 4 is 5.97 Å². The molecule has 0 saturated heterocycles. The van der Waals surface area contributed by atoms with Gasteiger partial charge in [0.1, 0.15) is 5.75 Å². The van der Waals surface area contributed by atoms with Crippen LogP contribution >= 0.6 is 0 Å². The van der Waals surface area contributed by atoms with Crippen LogP contribution in [-0.4, -0.2) is 22.7 Å². The van der Waals surface area contributed by atoms with Crippen molar-refractivity contribution in [2.45, 2.75) is 12.8 Å². The zero-order valence-electron chi connectivity index (χ0n) is 10.5. The van der Waals surface area contributed by atoms with E-state index in [1.807, 2.05) is 24.3 Å². The zero-order chi connectivity index (χ0) is 13.5. The van der Waals surface area contributed by atoms with Gasteiger partial charge in [-0.15, -0.1) is 0 Å². The van der Waals surface area contributed by atoms with E-state index in [-0.39, 0.29) is 6.42 Å². The number of hydrogen-bond donors (Lipinski definition) is 1. The Hall–Kier alpha value is -2.36. The molecule has 4 heteroatoms. The summed E-state index contributed by atoms with van der Waals surface area (Å²) in [7, 11) is 0. The Kier molecular flexibility index (Phi) is 4.50. The van der Waals surface area contributed by atoms with E-state index < -0.39 is 5.97 Å². The number of pyridine rings is 1. The van der Waals surface area contributed by atoms with Crippen molar-refractivity contribution in [1.29, 1.82) is 0 Å². The molecule has 98 valence electrons. The molecular weight excluding hydrogens is 242 g/mol. The molecular formula is C15H15NO3. The van der Waals surface area contributed by atoms with Crippen molar-refractivity contribution in [3.05, 3.63) is 59.9 Å². The third-order valence-corrected chi connectivity index (χ3v) is 2.71. The average Bonchev–Trinajstić information content (AvgIpc) is 2.41. The van der Waals surface area contributed by atoms with Crippen LogP contribution in [0.25, 0.3) is 0 Å². The second kappa shape index (κ2) is 6.54. The van der Waals surface area contributed by atoms with E-state index in [2.05, 4.69) is 4.98 Å². The van der Waals surface area contributed by atoms with E-state index in [1.165, 1.54) is 0 Å². The Morgan fingerprint density at radius 2 is 1.89 bits per heavy atom. The Morgan fingerprint density at radius 1 is 1.16 bits per heavy atom. The van der Waals surface area contributed by atoms with Gasteiger partial charge in [0, 0.05) is 24.4 Å². The van der Waals surface area contributed by atoms with E-state index in [0.717, 1.165) is 12.0 Å². The summed E-state index contributed by atoms with van der Waals surface area (Å²) in [6.45, 7) is 0.515. The predicted octanol–water partition coefficient (Wildman–Crippen LogP) is 2.33. The van der Waals surface area contributed by atoms with Crippen molar-refractivity contribution in [2.75, 3.05) is 6.61 Å². The third-order valence-electron chi connectivity index (χ3n) is 2.71. The van der Waals surface area contributed by atoms with Gasteiger partial charge in [-0.1, -0.05) is 18.2 Å². The van der Waals surface area contributed by atoms with Gasteiger partial charge in [0.2, 0.25) is 0 Å². The van der Waals surface area contributed by atoms with Crippen molar-refractivity contribution in [3.63, 3.8) is 0 Å². The van der Waals surface area contributed by atoms with E-state index in [1.54, 1.807) is 24.5 Å². The molecule has 0 spiro atoms. The maximum Gasteiger partial charge on any atom is 0.307 e. The summed E-state index contributed by atoms with van der Waals surface area (Å²) in [5.41, 5.74) is 1.84. The summed E-state index contributed by atoms with van der Waals surface area (Å²) in [6, 6.07) is 11.1. The van der Waals surface area contributed by atoms with Crippen LogP contribution in [0.2, 0.25) is 0 Å². The second-order valence-electron chi connectivity index (χ2n) is 4.13. The molecule has 2 aromatic rings. The smallest absolute Gasteiger partial charge is 0.307 e. The van der Waals surface area contributed by atoms with Gasteiger partial charge in [0.25, 0.3) is 0 Å². The largest absolute Gasteiger partial charge is 0.493 e. The number of rotatable bonds is 6. The molecule has 0 atom stereocenters. The quantitative estimate of drug-likeness (QED) is 0.862. The average molecular weight is 257 g/mol. The molecule has 0 aliphatic carbocycles. The fourth-order valence-corrected chi connectivity index (χ4v) is 1.78. The Labute approximate surface area is 111 Å². The zero-order valence-corrected chi connectivity index (χ0v) is 10.5. The maximum atomic E-state index is 10.8. The summed E-state index contributed by atoms with van der Waals surface area (Å²) in [6.07, 6.45) is 4.23. The molecule has 2 rings (SSSR count). The van der Waals surface area contributed by atoms with Crippen LogP contribution in [-0.2, 0) is 17.6 Å². The van der Waals surface area contributed by atoms with Gasteiger partial charge in [-0.2, -0.15) is 0 Å². The van der Waals surface area contributed by atoms with Crippen LogP contribution in [0.5, 0.6) is 5.75 Å². The minimum Gasteiger partial charge on any atom is -0.493 e. The molecule has 1 aromatic carbocycles. The lowest BCUT2D eigenvalue weighted by atomic mass is 10.1. The van der Waals surface area contributed by atoms with Crippen molar-refractivity contribution in [3.8, 4) is 5.75 Å². The minimum atomic E-state index is -0.856. The molecule has 0 amide bonds. The van der Waals surface area contributed by atoms with Crippen LogP contribution < -0.4 is 4.74 Å². The lowest BCUT2D eigenvalue weighted by molar-refractivity contribution is -0.136. The van der Waals surface area contributed by atoms with Gasteiger partial charge >= 0.3 is 5.97 Å². The summed E-state index contributed by atoms with van der Waals surface area (Å²) >= 11 is 0. The Morgan fingerprint density at radius 3 is 2.63 bits per heavy atom. The molecule has 0 radical (unpaired) electrons. The number of para-hydroxylation sites is 1. The molecule has 1 N–H and O–H groups in total. The topological polar surface area (TPSA) is 59.4 Å². The van der Waals surface area contributed by atoms with Gasteiger partial charge in [-0.25, -0.2) is 0 Å². The number of carbonyl (C=O) groups is 1. The lowest BCUT2D eigenvalue weighted by Crippen LogP contribution is -2.06. The number of carboxylic acid groups (broad SMARTS) is 1. The molecule has 1 heterocycles. The number of aromatic nitrogens is 1. The molecule has 0 unspecified atom stereocenters. The van der Waals surface area contributed by atoms with Gasteiger partial charge < -0.3 is 9.84 Å². The van der Waals surface area contributed by atoms with Crippen molar-refractivity contribution in [1.82, 2.24) is 4.98 Å². The molecule has 4 nitrogen and oxygen atoms in total. The van der Waals surface area contributed by atoms with Gasteiger partial charge in [-0.05, 0) is 23.8 Å². The highest BCUT2D eigenvalue weighted by Crippen LogP contribution is 2.18. The van der Waals surface area contributed by atoms with Gasteiger partial charge in [0.05, 0.1) is 13.0 Å². The number of benzene rings is 1. The van der Waals surface area contributed by atoms with Crippen LogP contribution in [0.4, 0.5) is 0 Å². The van der Waals surface area contributed by atoms with Crippen molar-refractivity contribution < 1.29 is 14.6 Å². The summed E-state index contributed by atoms with van der Waals surface area (Å²) in [5.74, 6) is -0.218. The highest BCUT2D eigenvalue weighted by Gasteiger charge is 2.07. The molecule has 0 aliphatic heterocycles. The monoisotopic (exact) mass is 257 g/mol. The minimum absolute atomic E-state index is 0.0224. The molecule has 0 saturated carbocycles. The Balaban J connectivity index is 1.94. The molecule has 0 bridgehead atoms. The number of hydrogen-bond acceptors (Lipinski definition) is 3. The predicted molar refractivity (Wildman–Crippen MR) is 71.2 cm³/mol. The first-order valence-corrected chi connectivity index (χ1v) is 6.07. The lowest BCUT2D eigenvalue weighted by Gasteiger charge is -2.10.